The molecule has 1 rings (SSSR count). The molecule has 5 heteroatoms. The van der Waals surface area contributed by atoms with Crippen LogP contribution in [0.15, 0.2) is 24.3 Å². The molecule has 18 heavy (non-hydrogen) atoms. The summed E-state index contributed by atoms with van der Waals surface area (Å²) in [5.41, 5.74) is 1.05. The number of rotatable bonds is 6. The second-order valence-electron chi connectivity index (χ2n) is 3.79. The number of ether oxygens (including phenoxy) is 1. The Kier molecular flexibility index (Phi) is 6.20. The van der Waals surface area contributed by atoms with E-state index in [1.807, 2.05) is 6.07 Å². The van der Waals surface area contributed by atoms with E-state index < -0.39 is 0 Å². The summed E-state index contributed by atoms with van der Waals surface area (Å²) < 4.78 is 5.01. The molecule has 0 heterocycles. The maximum absolute atomic E-state index is 11.9. The van der Waals surface area contributed by atoms with Gasteiger partial charge in [-0.2, -0.15) is 5.26 Å². The van der Waals surface area contributed by atoms with Crippen LogP contribution in [0.3, 0.4) is 0 Å². The molecule has 0 aliphatic heterocycles. The Balaban J connectivity index is 2.65. The zero-order valence-corrected chi connectivity index (χ0v) is 10.9. The van der Waals surface area contributed by atoms with Crippen molar-refractivity contribution < 1.29 is 9.53 Å². The average Bonchev–Trinajstić information content (AvgIpc) is 2.39. The second kappa shape index (κ2) is 7.70. The van der Waals surface area contributed by atoms with Gasteiger partial charge in [0.2, 0.25) is 0 Å². The number of hydrogen-bond donors (Lipinski definition) is 1. The van der Waals surface area contributed by atoms with Crippen LogP contribution >= 0.6 is 11.6 Å². The number of nitriles is 1. The number of carbonyl (C=O) groups excluding carboxylic acids is 1. The Hall–Kier alpha value is -1.57. The van der Waals surface area contributed by atoms with E-state index in [-0.39, 0.29) is 11.9 Å². The fraction of sp³-hybridized carbons (Fsp3) is 0.385. The van der Waals surface area contributed by atoms with E-state index in [1.54, 1.807) is 31.4 Å². The molecule has 0 aromatic heterocycles. The Morgan fingerprint density at radius 1 is 1.50 bits per heavy atom. The number of nitrogens with zero attached hydrogens (tertiary/aromatic N) is 1. The van der Waals surface area contributed by atoms with Crippen LogP contribution in [0.2, 0.25) is 0 Å². The predicted molar refractivity (Wildman–Crippen MR) is 69.6 cm³/mol. The summed E-state index contributed by atoms with van der Waals surface area (Å²) in [5, 5.41) is 11.5. The highest BCUT2D eigenvalue weighted by Gasteiger charge is 2.13. The number of alkyl halides is 1. The number of carbonyl (C=O) groups is 1. The normalized spacial score (nSPS) is 11.6. The van der Waals surface area contributed by atoms with Gasteiger partial charge in [-0.05, 0) is 30.7 Å². The Bertz CT molecular complexity index is 420. The number of hydrogen-bond acceptors (Lipinski definition) is 3. The highest BCUT2D eigenvalue weighted by Crippen LogP contribution is 2.05. The van der Waals surface area contributed by atoms with Crippen LogP contribution < -0.4 is 5.32 Å². The third-order valence-corrected chi connectivity index (χ3v) is 2.66. The second-order valence-corrected chi connectivity index (χ2v) is 4.17. The van der Waals surface area contributed by atoms with Crippen molar-refractivity contribution >= 4 is 17.5 Å². The molecule has 0 saturated carbocycles. The van der Waals surface area contributed by atoms with Gasteiger partial charge in [0, 0.05) is 18.6 Å². The van der Waals surface area contributed by atoms with Gasteiger partial charge in [0.25, 0.3) is 5.91 Å². The molecule has 0 fully saturated rings. The summed E-state index contributed by atoms with van der Waals surface area (Å²) in [6.45, 7) is 0.425. The van der Waals surface area contributed by atoms with Crippen molar-refractivity contribution in [2.45, 2.75) is 12.5 Å². The summed E-state index contributed by atoms with van der Waals surface area (Å²) in [6.07, 6.45) is 0.650. The largest absolute Gasteiger partial charge is 0.383 e. The number of methoxy groups -OCH3 is 1. The van der Waals surface area contributed by atoms with E-state index in [1.165, 1.54) is 0 Å². The lowest BCUT2D eigenvalue weighted by molar-refractivity contribution is 0.0895. The van der Waals surface area contributed by atoms with Gasteiger partial charge in [-0.1, -0.05) is 0 Å². The van der Waals surface area contributed by atoms with Crippen LogP contribution in [0.25, 0.3) is 0 Å². The van der Waals surface area contributed by atoms with Crippen molar-refractivity contribution in [2.24, 2.45) is 0 Å². The summed E-state index contributed by atoms with van der Waals surface area (Å²) in [6, 6.07) is 8.38. The van der Waals surface area contributed by atoms with Crippen molar-refractivity contribution in [3.63, 3.8) is 0 Å². The maximum atomic E-state index is 11.9. The van der Waals surface area contributed by atoms with E-state index in [0.29, 0.717) is 30.0 Å². The van der Waals surface area contributed by atoms with Crippen molar-refractivity contribution in [2.75, 3.05) is 19.6 Å². The molecule has 0 spiro atoms. The fourth-order valence-electron chi connectivity index (χ4n) is 1.49. The molecule has 1 atom stereocenters. The van der Waals surface area contributed by atoms with Gasteiger partial charge in [0.05, 0.1) is 24.3 Å². The number of benzene rings is 1. The molecule has 0 bridgehead atoms. The predicted octanol–water partition coefficient (Wildman–Crippen LogP) is 1.93. The van der Waals surface area contributed by atoms with Crippen molar-refractivity contribution in [3.05, 3.63) is 35.4 Å². The summed E-state index contributed by atoms with van der Waals surface area (Å²) in [7, 11) is 1.58. The van der Waals surface area contributed by atoms with Crippen LogP contribution in [0.4, 0.5) is 0 Å². The lowest BCUT2D eigenvalue weighted by Crippen LogP contribution is -2.38. The molecular weight excluding hydrogens is 252 g/mol. The quantitative estimate of drug-likeness (QED) is 0.801. The van der Waals surface area contributed by atoms with Gasteiger partial charge in [-0.25, -0.2) is 0 Å². The summed E-state index contributed by atoms with van der Waals surface area (Å²) in [5.74, 6) is 0.272. The van der Waals surface area contributed by atoms with E-state index >= 15 is 0 Å². The molecule has 1 unspecified atom stereocenters. The SMILES string of the molecule is COCC(CCCl)NC(=O)c1ccc(C#N)cc1. The van der Waals surface area contributed by atoms with Crippen LogP contribution in [-0.4, -0.2) is 31.5 Å². The smallest absolute Gasteiger partial charge is 0.251 e. The first-order valence-electron chi connectivity index (χ1n) is 5.57. The lowest BCUT2D eigenvalue weighted by atomic mass is 10.1. The first-order chi connectivity index (χ1) is 8.71. The van der Waals surface area contributed by atoms with E-state index in [4.69, 9.17) is 21.6 Å². The van der Waals surface area contributed by atoms with Gasteiger partial charge in [-0.15, -0.1) is 11.6 Å². The van der Waals surface area contributed by atoms with Crippen LogP contribution in [0, 0.1) is 11.3 Å². The van der Waals surface area contributed by atoms with E-state index in [9.17, 15) is 4.79 Å². The molecule has 96 valence electrons. The zero-order valence-electron chi connectivity index (χ0n) is 10.1. The third-order valence-electron chi connectivity index (χ3n) is 2.44. The molecule has 1 N–H and O–H groups in total. The van der Waals surface area contributed by atoms with Crippen LogP contribution in [-0.2, 0) is 4.74 Å². The molecule has 0 saturated heterocycles. The van der Waals surface area contributed by atoms with Gasteiger partial charge in [0.1, 0.15) is 0 Å². The molecular formula is C13H15ClN2O2. The monoisotopic (exact) mass is 266 g/mol. The van der Waals surface area contributed by atoms with E-state index in [0.717, 1.165) is 0 Å². The Labute approximate surface area is 112 Å². The Morgan fingerprint density at radius 2 is 2.17 bits per heavy atom. The number of nitrogens with one attached hydrogen (secondary N) is 1. The molecule has 1 aromatic carbocycles. The van der Waals surface area contributed by atoms with Crippen molar-refractivity contribution in [1.82, 2.24) is 5.32 Å². The van der Waals surface area contributed by atoms with Gasteiger partial charge < -0.3 is 10.1 Å². The number of halogens is 1. The van der Waals surface area contributed by atoms with Crippen molar-refractivity contribution in [1.29, 1.82) is 5.26 Å². The summed E-state index contributed by atoms with van der Waals surface area (Å²) >= 11 is 5.66. The first kappa shape index (κ1) is 14.5. The number of amides is 1. The molecule has 0 radical (unpaired) electrons. The molecule has 4 nitrogen and oxygen atoms in total. The third kappa shape index (κ3) is 4.36. The first-order valence-corrected chi connectivity index (χ1v) is 6.10. The van der Waals surface area contributed by atoms with Gasteiger partial charge in [-0.3, -0.25) is 4.79 Å². The minimum absolute atomic E-state index is 0.101. The topological polar surface area (TPSA) is 62.1 Å². The standard InChI is InChI=1S/C13H15ClN2O2/c1-18-9-12(6-7-14)16-13(17)11-4-2-10(8-15)3-5-11/h2-5,12H,6-7,9H2,1H3,(H,16,17). The van der Waals surface area contributed by atoms with Crippen molar-refractivity contribution in [3.8, 4) is 6.07 Å². The highest BCUT2D eigenvalue weighted by atomic mass is 35.5. The van der Waals surface area contributed by atoms with Crippen LogP contribution in [0.1, 0.15) is 22.3 Å². The summed E-state index contributed by atoms with van der Waals surface area (Å²) in [4.78, 5) is 11.9. The fourth-order valence-corrected chi connectivity index (χ4v) is 1.76. The highest BCUT2D eigenvalue weighted by molar-refractivity contribution is 6.17. The maximum Gasteiger partial charge on any atom is 0.251 e. The van der Waals surface area contributed by atoms with Crippen LogP contribution in [0.5, 0.6) is 0 Å². The Morgan fingerprint density at radius 3 is 2.67 bits per heavy atom. The minimum Gasteiger partial charge on any atom is -0.383 e. The zero-order chi connectivity index (χ0) is 13.4. The molecule has 1 aromatic rings. The molecule has 0 aliphatic carbocycles. The van der Waals surface area contributed by atoms with Gasteiger partial charge >= 0.3 is 0 Å². The van der Waals surface area contributed by atoms with E-state index in [2.05, 4.69) is 5.32 Å². The van der Waals surface area contributed by atoms with Gasteiger partial charge in [0.15, 0.2) is 0 Å². The average molecular weight is 267 g/mol. The molecule has 1 amide bonds. The lowest BCUT2D eigenvalue weighted by Gasteiger charge is -2.16. The molecule has 0 aliphatic rings. The minimum atomic E-state index is -0.188.